The van der Waals surface area contributed by atoms with Crippen molar-refractivity contribution in [2.75, 3.05) is 39.3 Å². The summed E-state index contributed by atoms with van der Waals surface area (Å²) in [6.45, 7) is 10.1. The normalized spacial score (nSPS) is 17.9. The summed E-state index contributed by atoms with van der Waals surface area (Å²) >= 11 is 0. The largest absolute Gasteiger partial charge is 0.355 e. The molecule has 1 aliphatic rings. The highest BCUT2D eigenvalue weighted by atomic mass is 16.2. The fraction of sp³-hybridized carbons (Fsp3) is 0.867. The molecule has 2 amide bonds. The first-order valence-electron chi connectivity index (χ1n) is 7.96. The van der Waals surface area contributed by atoms with Crippen molar-refractivity contribution in [2.45, 2.75) is 39.7 Å². The van der Waals surface area contributed by atoms with Crippen LogP contribution in [0.25, 0.3) is 0 Å². The van der Waals surface area contributed by atoms with Crippen LogP contribution in [0, 0.1) is 5.92 Å². The number of hydrogen-bond donors (Lipinski definition) is 2. The zero-order valence-corrected chi connectivity index (χ0v) is 13.6. The molecule has 0 spiro atoms. The SMILES string of the molecule is CCCNC(=O)CN1CCN(C(=O)CC(N)C(C)C)CC1. The van der Waals surface area contributed by atoms with Gasteiger partial charge in [-0.15, -0.1) is 0 Å². The Labute approximate surface area is 128 Å². The monoisotopic (exact) mass is 298 g/mol. The van der Waals surface area contributed by atoms with Gasteiger partial charge in [0.05, 0.1) is 6.54 Å². The quantitative estimate of drug-likeness (QED) is 0.695. The maximum atomic E-state index is 12.1. The molecule has 0 bridgehead atoms. The Morgan fingerprint density at radius 3 is 2.33 bits per heavy atom. The first kappa shape index (κ1) is 17.9. The average Bonchev–Trinajstić information content (AvgIpc) is 2.45. The van der Waals surface area contributed by atoms with Gasteiger partial charge in [-0.2, -0.15) is 0 Å². The molecule has 0 aliphatic carbocycles. The summed E-state index contributed by atoms with van der Waals surface area (Å²) < 4.78 is 0. The Kier molecular flexibility index (Phi) is 7.67. The Morgan fingerprint density at radius 1 is 1.19 bits per heavy atom. The molecular formula is C15H30N4O2. The van der Waals surface area contributed by atoms with Gasteiger partial charge in [0.25, 0.3) is 0 Å². The standard InChI is InChI=1S/C15H30N4O2/c1-4-5-17-14(20)11-18-6-8-19(9-7-18)15(21)10-13(16)12(2)3/h12-13H,4-11,16H2,1-3H3,(H,17,20). The topological polar surface area (TPSA) is 78.7 Å². The lowest BCUT2D eigenvalue weighted by Gasteiger charge is -2.35. The number of piperazine rings is 1. The van der Waals surface area contributed by atoms with Gasteiger partial charge in [0, 0.05) is 45.2 Å². The van der Waals surface area contributed by atoms with Crippen molar-refractivity contribution in [1.29, 1.82) is 0 Å². The van der Waals surface area contributed by atoms with Crippen LogP contribution in [0.3, 0.4) is 0 Å². The summed E-state index contributed by atoms with van der Waals surface area (Å²) in [4.78, 5) is 27.7. The molecule has 0 radical (unpaired) electrons. The summed E-state index contributed by atoms with van der Waals surface area (Å²) in [5.74, 6) is 0.516. The van der Waals surface area contributed by atoms with Crippen molar-refractivity contribution in [2.24, 2.45) is 11.7 Å². The maximum Gasteiger partial charge on any atom is 0.234 e. The summed E-state index contributed by atoms with van der Waals surface area (Å²) in [5, 5.41) is 2.87. The van der Waals surface area contributed by atoms with E-state index in [1.165, 1.54) is 0 Å². The minimum atomic E-state index is -0.0737. The van der Waals surface area contributed by atoms with Crippen molar-refractivity contribution in [3.8, 4) is 0 Å². The Bertz CT molecular complexity index is 339. The van der Waals surface area contributed by atoms with Gasteiger partial charge in [-0.25, -0.2) is 0 Å². The Morgan fingerprint density at radius 2 is 1.81 bits per heavy atom. The summed E-state index contributed by atoms with van der Waals surface area (Å²) in [6.07, 6.45) is 1.36. The van der Waals surface area contributed by atoms with E-state index in [4.69, 9.17) is 5.73 Å². The number of nitrogens with one attached hydrogen (secondary N) is 1. The lowest BCUT2D eigenvalue weighted by molar-refractivity contribution is -0.133. The van der Waals surface area contributed by atoms with Crippen molar-refractivity contribution in [1.82, 2.24) is 15.1 Å². The second kappa shape index (κ2) is 9.00. The van der Waals surface area contributed by atoms with Crippen molar-refractivity contribution < 1.29 is 9.59 Å². The number of hydrogen-bond acceptors (Lipinski definition) is 4. The van der Waals surface area contributed by atoms with Gasteiger partial charge in [0.1, 0.15) is 0 Å². The fourth-order valence-electron chi connectivity index (χ4n) is 2.25. The van der Waals surface area contributed by atoms with E-state index < -0.39 is 0 Å². The van der Waals surface area contributed by atoms with Gasteiger partial charge in [-0.3, -0.25) is 14.5 Å². The second-order valence-corrected chi connectivity index (χ2v) is 6.12. The molecule has 1 atom stereocenters. The third kappa shape index (κ3) is 6.44. The van der Waals surface area contributed by atoms with E-state index >= 15 is 0 Å². The highest BCUT2D eigenvalue weighted by molar-refractivity contribution is 5.78. The molecule has 21 heavy (non-hydrogen) atoms. The van der Waals surface area contributed by atoms with E-state index in [0.29, 0.717) is 32.0 Å². The van der Waals surface area contributed by atoms with Crippen LogP contribution in [-0.2, 0) is 9.59 Å². The van der Waals surface area contributed by atoms with E-state index in [2.05, 4.69) is 10.2 Å². The van der Waals surface area contributed by atoms with Crippen molar-refractivity contribution in [3.05, 3.63) is 0 Å². The first-order chi connectivity index (χ1) is 9.93. The molecule has 6 nitrogen and oxygen atoms in total. The molecule has 1 fully saturated rings. The predicted octanol–water partition coefficient (Wildman–Crippen LogP) is 0.0302. The average molecular weight is 298 g/mol. The van der Waals surface area contributed by atoms with Crippen LogP contribution in [0.1, 0.15) is 33.6 Å². The molecule has 6 heteroatoms. The Hall–Kier alpha value is -1.14. The number of amides is 2. The van der Waals surface area contributed by atoms with E-state index in [9.17, 15) is 9.59 Å². The summed E-state index contributed by atoms with van der Waals surface area (Å²) in [7, 11) is 0. The van der Waals surface area contributed by atoms with E-state index in [0.717, 1.165) is 26.1 Å². The third-order valence-corrected chi connectivity index (χ3v) is 3.93. The summed E-state index contributed by atoms with van der Waals surface area (Å²) in [6, 6.07) is -0.0737. The van der Waals surface area contributed by atoms with Gasteiger partial charge >= 0.3 is 0 Å². The van der Waals surface area contributed by atoms with Gasteiger partial charge < -0.3 is 16.0 Å². The molecular weight excluding hydrogens is 268 g/mol. The fourth-order valence-corrected chi connectivity index (χ4v) is 2.25. The number of nitrogens with two attached hydrogens (primary N) is 1. The summed E-state index contributed by atoms with van der Waals surface area (Å²) in [5.41, 5.74) is 5.95. The van der Waals surface area contributed by atoms with Gasteiger partial charge in [-0.05, 0) is 12.3 Å². The molecule has 1 rings (SSSR count). The van der Waals surface area contributed by atoms with Gasteiger partial charge in [0.15, 0.2) is 0 Å². The smallest absolute Gasteiger partial charge is 0.234 e. The van der Waals surface area contributed by atoms with Gasteiger partial charge in [-0.1, -0.05) is 20.8 Å². The molecule has 0 aromatic carbocycles. The highest BCUT2D eigenvalue weighted by Gasteiger charge is 2.24. The number of nitrogens with zero attached hydrogens (tertiary/aromatic N) is 2. The molecule has 1 unspecified atom stereocenters. The molecule has 0 aromatic heterocycles. The highest BCUT2D eigenvalue weighted by Crippen LogP contribution is 2.08. The second-order valence-electron chi connectivity index (χ2n) is 6.12. The minimum absolute atomic E-state index is 0.0680. The molecule has 0 aromatic rings. The van der Waals surface area contributed by atoms with Crippen LogP contribution in [-0.4, -0.2) is 66.9 Å². The van der Waals surface area contributed by atoms with E-state index in [1.54, 1.807) is 0 Å². The van der Waals surface area contributed by atoms with Crippen molar-refractivity contribution >= 4 is 11.8 Å². The zero-order chi connectivity index (χ0) is 15.8. The zero-order valence-electron chi connectivity index (χ0n) is 13.6. The van der Waals surface area contributed by atoms with Crippen LogP contribution in [0.5, 0.6) is 0 Å². The number of carbonyl (C=O) groups is 2. The molecule has 1 aliphatic heterocycles. The molecule has 0 saturated carbocycles. The van der Waals surface area contributed by atoms with Crippen LogP contribution in [0.4, 0.5) is 0 Å². The van der Waals surface area contributed by atoms with Crippen LogP contribution >= 0.6 is 0 Å². The Balaban J connectivity index is 2.28. The molecule has 122 valence electrons. The molecule has 1 saturated heterocycles. The lowest BCUT2D eigenvalue weighted by atomic mass is 10.0. The number of carbonyl (C=O) groups excluding carboxylic acids is 2. The van der Waals surface area contributed by atoms with Crippen LogP contribution < -0.4 is 11.1 Å². The molecule has 1 heterocycles. The van der Waals surface area contributed by atoms with E-state index in [1.807, 2.05) is 25.7 Å². The first-order valence-corrected chi connectivity index (χ1v) is 7.96. The third-order valence-electron chi connectivity index (χ3n) is 3.93. The van der Waals surface area contributed by atoms with E-state index in [-0.39, 0.29) is 17.9 Å². The molecule has 3 N–H and O–H groups in total. The lowest BCUT2D eigenvalue weighted by Crippen LogP contribution is -2.52. The van der Waals surface area contributed by atoms with Crippen LogP contribution in [0.15, 0.2) is 0 Å². The minimum Gasteiger partial charge on any atom is -0.355 e. The van der Waals surface area contributed by atoms with Crippen molar-refractivity contribution in [3.63, 3.8) is 0 Å². The predicted molar refractivity (Wildman–Crippen MR) is 83.8 cm³/mol. The number of rotatable bonds is 7. The maximum absolute atomic E-state index is 12.1. The van der Waals surface area contributed by atoms with Gasteiger partial charge in [0.2, 0.25) is 11.8 Å². The van der Waals surface area contributed by atoms with Crippen LogP contribution in [0.2, 0.25) is 0 Å².